The van der Waals surface area contributed by atoms with E-state index in [9.17, 15) is 4.79 Å². The second kappa shape index (κ2) is 9.43. The molecule has 1 heterocycles. The van der Waals surface area contributed by atoms with Gasteiger partial charge in [0.05, 0.1) is 12.1 Å². The minimum atomic E-state index is -0.346. The van der Waals surface area contributed by atoms with E-state index in [1.165, 1.54) is 0 Å². The molecule has 0 radical (unpaired) electrons. The number of para-hydroxylation sites is 1. The van der Waals surface area contributed by atoms with Gasteiger partial charge in [0.1, 0.15) is 11.4 Å². The lowest BCUT2D eigenvalue weighted by molar-refractivity contribution is 0.0527. The van der Waals surface area contributed by atoms with Crippen LogP contribution < -0.4 is 4.90 Å². The van der Waals surface area contributed by atoms with Gasteiger partial charge in [0, 0.05) is 24.0 Å². The Morgan fingerprint density at radius 2 is 1.52 bits per heavy atom. The zero-order chi connectivity index (χ0) is 21.6. The van der Waals surface area contributed by atoms with Crippen LogP contribution in [0.25, 0.3) is 22.0 Å². The van der Waals surface area contributed by atoms with E-state index in [1.54, 1.807) is 0 Å². The Morgan fingerprint density at radius 3 is 2.19 bits per heavy atom. The van der Waals surface area contributed by atoms with Crippen LogP contribution in [0.4, 0.5) is 5.82 Å². The van der Waals surface area contributed by atoms with Crippen molar-refractivity contribution in [3.8, 4) is 11.1 Å². The van der Waals surface area contributed by atoms with Crippen molar-refractivity contribution in [2.24, 2.45) is 0 Å². The number of rotatable bonds is 7. The highest BCUT2D eigenvalue weighted by atomic mass is 16.5. The number of carbonyl (C=O) groups is 1. The van der Waals surface area contributed by atoms with Crippen LogP contribution in [0.3, 0.4) is 0 Å². The van der Waals surface area contributed by atoms with Crippen LogP contribution in [0.1, 0.15) is 29.8 Å². The summed E-state index contributed by atoms with van der Waals surface area (Å²) in [6.45, 7) is 5.58. The largest absolute Gasteiger partial charge is 0.462 e. The molecular weight excluding hydrogens is 384 g/mol. The van der Waals surface area contributed by atoms with E-state index in [1.807, 2.05) is 79.7 Å². The number of nitrogens with zero attached hydrogens (tertiary/aromatic N) is 2. The number of carbonyl (C=O) groups excluding carboxylic acids is 1. The van der Waals surface area contributed by atoms with Crippen molar-refractivity contribution in [2.75, 3.05) is 18.1 Å². The number of benzene rings is 3. The van der Waals surface area contributed by atoms with Crippen molar-refractivity contribution in [3.63, 3.8) is 0 Å². The predicted molar refractivity (Wildman–Crippen MR) is 126 cm³/mol. The van der Waals surface area contributed by atoms with Crippen LogP contribution in [0, 0.1) is 0 Å². The summed E-state index contributed by atoms with van der Waals surface area (Å²) in [5.41, 5.74) is 4.38. The van der Waals surface area contributed by atoms with Crippen LogP contribution in [-0.2, 0) is 11.3 Å². The highest BCUT2D eigenvalue weighted by molar-refractivity contribution is 6.10. The summed E-state index contributed by atoms with van der Waals surface area (Å²) < 4.78 is 5.52. The molecule has 4 heteroatoms. The number of esters is 1. The van der Waals surface area contributed by atoms with Crippen LogP contribution in [0.2, 0.25) is 0 Å². The number of hydrogen-bond acceptors (Lipinski definition) is 4. The highest BCUT2D eigenvalue weighted by Crippen LogP contribution is 2.37. The molecule has 0 bridgehead atoms. The molecule has 0 spiro atoms. The molecule has 0 aliphatic carbocycles. The zero-order valence-electron chi connectivity index (χ0n) is 17.9. The molecule has 0 N–H and O–H groups in total. The third-order valence-electron chi connectivity index (χ3n) is 5.31. The van der Waals surface area contributed by atoms with Gasteiger partial charge >= 0.3 is 5.97 Å². The molecule has 4 aromatic rings. The van der Waals surface area contributed by atoms with E-state index in [0.717, 1.165) is 27.6 Å². The van der Waals surface area contributed by atoms with Gasteiger partial charge in [-0.3, -0.25) is 0 Å². The van der Waals surface area contributed by atoms with Gasteiger partial charge in [-0.2, -0.15) is 0 Å². The van der Waals surface area contributed by atoms with Crippen molar-refractivity contribution >= 4 is 22.7 Å². The van der Waals surface area contributed by atoms with E-state index in [4.69, 9.17) is 9.72 Å². The summed E-state index contributed by atoms with van der Waals surface area (Å²) in [6.07, 6.45) is 0. The van der Waals surface area contributed by atoms with Gasteiger partial charge in [-0.05, 0) is 31.0 Å². The lowest BCUT2D eigenvalue weighted by Gasteiger charge is -2.26. The van der Waals surface area contributed by atoms with E-state index >= 15 is 0 Å². The van der Waals surface area contributed by atoms with Crippen LogP contribution >= 0.6 is 0 Å². The van der Waals surface area contributed by atoms with Gasteiger partial charge in [-0.1, -0.05) is 78.9 Å². The molecule has 156 valence electrons. The molecule has 4 rings (SSSR count). The Morgan fingerprint density at radius 1 is 0.871 bits per heavy atom. The summed E-state index contributed by atoms with van der Waals surface area (Å²) >= 11 is 0. The lowest BCUT2D eigenvalue weighted by Crippen LogP contribution is -2.26. The van der Waals surface area contributed by atoms with E-state index in [0.29, 0.717) is 31.1 Å². The van der Waals surface area contributed by atoms with Crippen molar-refractivity contribution in [2.45, 2.75) is 20.4 Å². The smallest absolute Gasteiger partial charge is 0.342 e. The number of ether oxygens (including phenoxy) is 1. The molecule has 0 amide bonds. The summed E-state index contributed by atoms with van der Waals surface area (Å²) in [5.74, 6) is 0.309. The van der Waals surface area contributed by atoms with Gasteiger partial charge < -0.3 is 9.64 Å². The van der Waals surface area contributed by atoms with Crippen molar-refractivity contribution in [1.29, 1.82) is 0 Å². The highest BCUT2D eigenvalue weighted by Gasteiger charge is 2.26. The molecule has 0 atom stereocenters. The Balaban J connectivity index is 1.99. The number of hydrogen-bond donors (Lipinski definition) is 0. The molecule has 0 saturated carbocycles. The molecule has 0 saturated heterocycles. The van der Waals surface area contributed by atoms with Crippen LogP contribution in [0.15, 0.2) is 84.9 Å². The van der Waals surface area contributed by atoms with Gasteiger partial charge in [0.2, 0.25) is 0 Å². The summed E-state index contributed by atoms with van der Waals surface area (Å²) in [5, 5.41) is 0.941. The summed E-state index contributed by atoms with van der Waals surface area (Å²) in [7, 11) is 0. The van der Waals surface area contributed by atoms with E-state index < -0.39 is 0 Å². The van der Waals surface area contributed by atoms with E-state index in [-0.39, 0.29) is 5.97 Å². The third kappa shape index (κ3) is 4.29. The monoisotopic (exact) mass is 410 g/mol. The maximum absolute atomic E-state index is 13.3. The standard InChI is InChI=1S/C27H26N2O2/c1-3-29(19-20-13-7-5-8-14-20)26-25(27(30)31-4-2)24(21-15-9-6-10-16-21)22-17-11-12-18-23(22)28-26/h5-18H,3-4,19H2,1-2H3. The molecule has 0 fully saturated rings. The fourth-order valence-electron chi connectivity index (χ4n) is 3.87. The number of pyridine rings is 1. The molecule has 0 aliphatic heterocycles. The quantitative estimate of drug-likeness (QED) is 0.345. The molecular formula is C27H26N2O2. The fraction of sp³-hybridized carbons (Fsp3) is 0.185. The first-order valence-corrected chi connectivity index (χ1v) is 10.7. The first-order chi connectivity index (χ1) is 15.2. The normalized spacial score (nSPS) is 10.8. The second-order valence-corrected chi connectivity index (χ2v) is 7.29. The molecule has 4 nitrogen and oxygen atoms in total. The van der Waals surface area contributed by atoms with Crippen LogP contribution in [-0.4, -0.2) is 24.1 Å². The molecule has 3 aromatic carbocycles. The minimum absolute atomic E-state index is 0.310. The van der Waals surface area contributed by atoms with E-state index in [2.05, 4.69) is 24.0 Å². The second-order valence-electron chi connectivity index (χ2n) is 7.29. The molecule has 0 aliphatic rings. The van der Waals surface area contributed by atoms with Gasteiger partial charge in [0.25, 0.3) is 0 Å². The Hall–Kier alpha value is -3.66. The molecule has 31 heavy (non-hydrogen) atoms. The van der Waals surface area contributed by atoms with Crippen LogP contribution in [0.5, 0.6) is 0 Å². The van der Waals surface area contributed by atoms with Crippen molar-refractivity contribution in [3.05, 3.63) is 96.1 Å². The number of fused-ring (bicyclic) bond motifs is 1. The SMILES string of the molecule is CCOC(=O)c1c(N(CC)Cc2ccccc2)nc2ccccc2c1-c1ccccc1. The zero-order valence-corrected chi connectivity index (χ0v) is 17.9. The summed E-state index contributed by atoms with van der Waals surface area (Å²) in [4.78, 5) is 20.4. The lowest BCUT2D eigenvalue weighted by atomic mass is 9.95. The maximum Gasteiger partial charge on any atom is 0.342 e. The predicted octanol–water partition coefficient (Wildman–Crippen LogP) is 6.11. The fourth-order valence-corrected chi connectivity index (χ4v) is 3.87. The molecule has 0 unspecified atom stereocenters. The Labute approximate surface area is 183 Å². The van der Waals surface area contributed by atoms with Crippen molar-refractivity contribution < 1.29 is 9.53 Å². The average Bonchev–Trinajstić information content (AvgIpc) is 2.82. The first-order valence-electron chi connectivity index (χ1n) is 10.7. The van der Waals surface area contributed by atoms with Gasteiger partial charge in [-0.25, -0.2) is 9.78 Å². The van der Waals surface area contributed by atoms with Gasteiger partial charge in [0.15, 0.2) is 0 Å². The maximum atomic E-state index is 13.3. The summed E-state index contributed by atoms with van der Waals surface area (Å²) in [6, 6.07) is 28.2. The minimum Gasteiger partial charge on any atom is -0.462 e. The number of aromatic nitrogens is 1. The first kappa shape index (κ1) is 20.6. The molecule has 1 aromatic heterocycles. The number of anilines is 1. The average molecular weight is 411 g/mol. The topological polar surface area (TPSA) is 42.4 Å². The Bertz CT molecular complexity index is 1170. The Kier molecular flexibility index (Phi) is 6.27. The van der Waals surface area contributed by atoms with Crippen molar-refractivity contribution in [1.82, 2.24) is 4.98 Å². The van der Waals surface area contributed by atoms with Gasteiger partial charge in [-0.15, -0.1) is 0 Å². The third-order valence-corrected chi connectivity index (χ3v) is 5.31.